The van der Waals surface area contributed by atoms with E-state index in [0.717, 1.165) is 57.8 Å². The zero-order chi connectivity index (χ0) is 40.2. The first kappa shape index (κ1) is 51.7. The first-order chi connectivity index (χ1) is 26.8. The van der Waals surface area contributed by atoms with Gasteiger partial charge in [-0.15, -0.1) is 0 Å². The summed E-state index contributed by atoms with van der Waals surface area (Å²) < 4.78 is 11.2. The predicted molar refractivity (Wildman–Crippen MR) is 226 cm³/mol. The Morgan fingerprint density at radius 2 is 1.02 bits per heavy atom. The smallest absolute Gasteiger partial charge is 0.220 e. The maximum absolute atomic E-state index is 12.9. The summed E-state index contributed by atoms with van der Waals surface area (Å²) in [5, 5.41) is 54.2. The Hall–Kier alpha value is -1.33. The fraction of sp³-hybridized carbons (Fsp3) is 0.891. The minimum Gasteiger partial charge on any atom is -0.394 e. The van der Waals surface area contributed by atoms with Crippen LogP contribution in [-0.2, 0) is 14.3 Å². The highest BCUT2D eigenvalue weighted by Crippen LogP contribution is 2.22. The Morgan fingerprint density at radius 1 is 0.600 bits per heavy atom. The van der Waals surface area contributed by atoms with Gasteiger partial charge in [-0.3, -0.25) is 4.79 Å². The normalized spacial score (nSPS) is 21.5. The fourth-order valence-electron chi connectivity index (χ4n) is 7.27. The van der Waals surface area contributed by atoms with Gasteiger partial charge in [0, 0.05) is 6.42 Å². The lowest BCUT2D eigenvalue weighted by Crippen LogP contribution is -2.60. The lowest BCUT2D eigenvalue weighted by molar-refractivity contribution is -0.302. The van der Waals surface area contributed by atoms with Crippen LogP contribution >= 0.6 is 0 Å². The van der Waals surface area contributed by atoms with Gasteiger partial charge in [-0.2, -0.15) is 0 Å². The second kappa shape index (κ2) is 37.0. The van der Waals surface area contributed by atoms with Gasteiger partial charge < -0.3 is 40.3 Å². The number of nitrogens with one attached hydrogen (secondary N) is 1. The molecule has 1 heterocycles. The van der Waals surface area contributed by atoms with Crippen molar-refractivity contribution < 1.29 is 39.8 Å². The van der Waals surface area contributed by atoms with Crippen LogP contribution in [0.3, 0.4) is 0 Å². The molecule has 9 heteroatoms. The van der Waals surface area contributed by atoms with E-state index in [9.17, 15) is 30.3 Å². The highest BCUT2D eigenvalue weighted by Gasteiger charge is 2.44. The Balaban J connectivity index is 2.35. The number of carbonyl (C=O) groups excluding carboxylic acids is 1. The van der Waals surface area contributed by atoms with Crippen LogP contribution in [-0.4, -0.2) is 87.5 Å². The van der Waals surface area contributed by atoms with Crippen LogP contribution in [0.4, 0.5) is 0 Å². The van der Waals surface area contributed by atoms with Crippen LogP contribution in [0.5, 0.6) is 0 Å². The number of amides is 1. The Morgan fingerprint density at radius 3 is 1.49 bits per heavy atom. The molecule has 9 nitrogen and oxygen atoms in total. The van der Waals surface area contributed by atoms with Gasteiger partial charge in [0.25, 0.3) is 0 Å². The molecule has 0 bridgehead atoms. The molecule has 0 aromatic rings. The molecule has 7 unspecified atom stereocenters. The average molecular weight is 782 g/mol. The second-order valence-corrected chi connectivity index (χ2v) is 16.2. The van der Waals surface area contributed by atoms with Crippen molar-refractivity contribution in [3.63, 3.8) is 0 Å². The van der Waals surface area contributed by atoms with E-state index in [0.29, 0.717) is 6.42 Å². The molecule has 0 radical (unpaired) electrons. The quantitative estimate of drug-likeness (QED) is 0.0268. The van der Waals surface area contributed by atoms with Gasteiger partial charge in [0.2, 0.25) is 5.91 Å². The molecule has 1 amide bonds. The topological polar surface area (TPSA) is 149 Å². The molecule has 1 aliphatic heterocycles. The minimum atomic E-state index is -1.56. The molecule has 1 fully saturated rings. The number of unbranched alkanes of at least 4 members (excludes halogenated alkanes) is 26. The third-order valence-corrected chi connectivity index (χ3v) is 11.0. The van der Waals surface area contributed by atoms with Crippen molar-refractivity contribution in [2.45, 2.75) is 249 Å². The van der Waals surface area contributed by atoms with Gasteiger partial charge in [0.05, 0.1) is 25.4 Å². The molecule has 0 aliphatic carbocycles. The molecular weight excluding hydrogens is 695 g/mol. The van der Waals surface area contributed by atoms with Gasteiger partial charge in [-0.05, 0) is 44.9 Å². The van der Waals surface area contributed by atoms with Crippen molar-refractivity contribution in [2.75, 3.05) is 13.2 Å². The van der Waals surface area contributed by atoms with Gasteiger partial charge in [-0.1, -0.05) is 179 Å². The van der Waals surface area contributed by atoms with Crippen LogP contribution in [0.15, 0.2) is 24.3 Å². The second-order valence-electron chi connectivity index (χ2n) is 16.2. The number of hydrogen-bond acceptors (Lipinski definition) is 8. The standard InChI is InChI=1S/C46H87NO8/c1-3-5-7-9-11-13-15-17-18-19-20-21-22-24-25-27-29-31-33-35-40(49)39(38-54-46-45(53)44(52)43(51)41(37-48)55-46)47-42(50)36-34-32-30-28-26-23-16-14-12-10-8-6-4-2/h14,16,33,35,39-41,43-46,48-49,51-53H,3-13,15,17-32,34,36-38H2,1-2H3,(H,47,50)/b16-14-,35-33+. The molecule has 324 valence electrons. The molecule has 6 N–H and O–H groups in total. The van der Waals surface area contributed by atoms with Crippen LogP contribution in [0.25, 0.3) is 0 Å². The van der Waals surface area contributed by atoms with Gasteiger partial charge in [0.1, 0.15) is 24.4 Å². The van der Waals surface area contributed by atoms with Crippen molar-refractivity contribution in [1.29, 1.82) is 0 Å². The summed E-state index contributed by atoms with van der Waals surface area (Å²) in [6.45, 7) is 3.75. The molecule has 0 spiro atoms. The van der Waals surface area contributed by atoms with E-state index in [1.807, 2.05) is 6.08 Å². The maximum Gasteiger partial charge on any atom is 0.220 e. The van der Waals surface area contributed by atoms with E-state index >= 15 is 0 Å². The monoisotopic (exact) mass is 782 g/mol. The summed E-state index contributed by atoms with van der Waals surface area (Å²) in [5.41, 5.74) is 0. The molecule has 0 aromatic carbocycles. The van der Waals surface area contributed by atoms with Crippen molar-refractivity contribution >= 4 is 5.91 Å². The van der Waals surface area contributed by atoms with E-state index < -0.39 is 49.5 Å². The summed E-state index contributed by atoms with van der Waals surface area (Å²) in [6.07, 6.45) is 36.5. The number of aliphatic hydroxyl groups is 5. The molecule has 0 aromatic heterocycles. The molecular formula is C46H87NO8. The summed E-state index contributed by atoms with van der Waals surface area (Å²) in [4.78, 5) is 12.9. The molecule has 1 rings (SSSR count). The van der Waals surface area contributed by atoms with E-state index in [-0.39, 0.29) is 12.5 Å². The first-order valence-corrected chi connectivity index (χ1v) is 23.1. The number of allylic oxidation sites excluding steroid dienone is 3. The highest BCUT2D eigenvalue weighted by atomic mass is 16.7. The number of carbonyl (C=O) groups is 1. The lowest BCUT2D eigenvalue weighted by Gasteiger charge is -2.40. The number of rotatable bonds is 38. The number of hydrogen-bond donors (Lipinski definition) is 6. The van der Waals surface area contributed by atoms with Crippen LogP contribution in [0, 0.1) is 0 Å². The van der Waals surface area contributed by atoms with Gasteiger partial charge >= 0.3 is 0 Å². The maximum atomic E-state index is 12.9. The molecule has 1 saturated heterocycles. The Bertz CT molecular complexity index is 914. The van der Waals surface area contributed by atoms with Crippen molar-refractivity contribution in [3.8, 4) is 0 Å². The third-order valence-electron chi connectivity index (χ3n) is 11.0. The molecule has 0 saturated carbocycles. The first-order valence-electron chi connectivity index (χ1n) is 23.1. The van der Waals surface area contributed by atoms with Crippen molar-refractivity contribution in [3.05, 3.63) is 24.3 Å². The van der Waals surface area contributed by atoms with Crippen LogP contribution in [0.1, 0.15) is 206 Å². The van der Waals surface area contributed by atoms with Crippen LogP contribution in [0.2, 0.25) is 0 Å². The highest BCUT2D eigenvalue weighted by molar-refractivity contribution is 5.76. The number of aliphatic hydroxyl groups excluding tert-OH is 5. The lowest BCUT2D eigenvalue weighted by atomic mass is 9.99. The van der Waals surface area contributed by atoms with Crippen molar-refractivity contribution in [2.24, 2.45) is 0 Å². The summed E-state index contributed by atoms with van der Waals surface area (Å²) in [7, 11) is 0. The molecule has 7 atom stereocenters. The minimum absolute atomic E-state index is 0.186. The number of ether oxygens (including phenoxy) is 2. The van der Waals surface area contributed by atoms with E-state index in [1.165, 1.54) is 128 Å². The van der Waals surface area contributed by atoms with E-state index in [1.54, 1.807) is 6.08 Å². The van der Waals surface area contributed by atoms with E-state index in [2.05, 4.69) is 31.3 Å². The summed E-state index contributed by atoms with van der Waals surface area (Å²) in [6, 6.07) is -0.805. The largest absolute Gasteiger partial charge is 0.394 e. The van der Waals surface area contributed by atoms with Crippen LogP contribution < -0.4 is 5.32 Å². The predicted octanol–water partition coefficient (Wildman–Crippen LogP) is 9.50. The Labute approximate surface area is 337 Å². The average Bonchev–Trinajstić information content (AvgIpc) is 3.18. The Kier molecular flexibility index (Phi) is 34.7. The zero-order valence-electron chi connectivity index (χ0n) is 35.4. The third kappa shape index (κ3) is 27.9. The zero-order valence-corrected chi connectivity index (χ0v) is 35.4. The van der Waals surface area contributed by atoms with E-state index in [4.69, 9.17) is 9.47 Å². The molecule has 55 heavy (non-hydrogen) atoms. The molecule has 1 aliphatic rings. The summed E-state index contributed by atoms with van der Waals surface area (Å²) in [5.74, 6) is -0.186. The van der Waals surface area contributed by atoms with Gasteiger partial charge in [0.15, 0.2) is 6.29 Å². The SMILES string of the molecule is CCCCCC/C=C\CCCCCCCC(=O)NC(COC1OC(CO)C(O)C(O)C1O)C(O)/C=C/CCCCCCCCCCCCCCCCCCC. The van der Waals surface area contributed by atoms with Crippen molar-refractivity contribution in [1.82, 2.24) is 5.32 Å². The van der Waals surface area contributed by atoms with Gasteiger partial charge in [-0.25, -0.2) is 0 Å². The summed E-state index contributed by atoms with van der Waals surface area (Å²) >= 11 is 0. The fourth-order valence-corrected chi connectivity index (χ4v) is 7.27.